The van der Waals surface area contributed by atoms with Crippen LogP contribution in [0.2, 0.25) is 0 Å². The van der Waals surface area contributed by atoms with E-state index in [1.807, 2.05) is 30.3 Å². The Morgan fingerprint density at radius 3 is 2.50 bits per heavy atom. The summed E-state index contributed by atoms with van der Waals surface area (Å²) in [5.41, 5.74) is 1.32. The number of methoxy groups -OCH3 is 1. The molecule has 1 aromatic heterocycles. The smallest absolute Gasteiger partial charge is 0.270 e. The van der Waals surface area contributed by atoms with Gasteiger partial charge >= 0.3 is 0 Å². The van der Waals surface area contributed by atoms with Crippen LogP contribution in [0.4, 0.5) is 5.69 Å². The molecule has 6 heteroatoms. The first-order valence-corrected chi connectivity index (χ1v) is 9.02. The molecule has 2 N–H and O–H groups in total. The lowest BCUT2D eigenvalue weighted by atomic mass is 10.2. The molecule has 0 atom stereocenters. The van der Waals surface area contributed by atoms with Gasteiger partial charge in [0.25, 0.3) is 5.91 Å². The third kappa shape index (κ3) is 5.12. The summed E-state index contributed by atoms with van der Waals surface area (Å²) in [6.45, 7) is 1.16. The Morgan fingerprint density at radius 2 is 1.85 bits per heavy atom. The van der Waals surface area contributed by atoms with Gasteiger partial charge < -0.3 is 20.1 Å². The fourth-order valence-electron chi connectivity index (χ4n) is 3.00. The van der Waals surface area contributed by atoms with Gasteiger partial charge in [-0.05, 0) is 49.2 Å². The molecule has 1 aliphatic carbocycles. The molecule has 0 spiro atoms. The van der Waals surface area contributed by atoms with Crippen molar-refractivity contribution in [3.63, 3.8) is 0 Å². The Balaban J connectivity index is 1.40. The second-order valence-electron chi connectivity index (χ2n) is 6.34. The standard InChI is InChI=1S/C20H25N3O3/c1-25-17-7-9-18(10-8-17)26-13-12-21-16-6-11-19(22-14-16)20(24)23-15-4-2-3-5-15/h6-11,14-15,21H,2-5,12-13H2,1H3,(H,23,24). The van der Waals surface area contributed by atoms with Crippen LogP contribution in [-0.4, -0.2) is 37.2 Å². The van der Waals surface area contributed by atoms with Gasteiger partial charge in [-0.15, -0.1) is 0 Å². The molecular weight excluding hydrogens is 330 g/mol. The number of rotatable bonds is 8. The van der Waals surface area contributed by atoms with Gasteiger partial charge in [-0.2, -0.15) is 0 Å². The maximum Gasteiger partial charge on any atom is 0.270 e. The molecule has 2 aromatic rings. The molecule has 138 valence electrons. The zero-order valence-corrected chi connectivity index (χ0v) is 15.0. The highest BCUT2D eigenvalue weighted by Gasteiger charge is 2.18. The summed E-state index contributed by atoms with van der Waals surface area (Å²) in [4.78, 5) is 16.4. The van der Waals surface area contributed by atoms with Gasteiger partial charge in [0.05, 0.1) is 19.0 Å². The predicted octanol–water partition coefficient (Wildman–Crippen LogP) is 3.25. The van der Waals surface area contributed by atoms with E-state index in [0.717, 1.165) is 30.0 Å². The predicted molar refractivity (Wildman–Crippen MR) is 101 cm³/mol. The highest BCUT2D eigenvalue weighted by molar-refractivity contribution is 5.92. The summed E-state index contributed by atoms with van der Waals surface area (Å²) in [5, 5.41) is 6.28. The first-order chi connectivity index (χ1) is 12.7. The molecule has 1 aromatic carbocycles. The van der Waals surface area contributed by atoms with E-state index in [9.17, 15) is 4.79 Å². The summed E-state index contributed by atoms with van der Waals surface area (Å²) in [5.74, 6) is 1.51. The topological polar surface area (TPSA) is 72.5 Å². The first-order valence-electron chi connectivity index (χ1n) is 9.02. The van der Waals surface area contributed by atoms with E-state index in [4.69, 9.17) is 9.47 Å². The van der Waals surface area contributed by atoms with Gasteiger partial charge in [-0.3, -0.25) is 4.79 Å². The average Bonchev–Trinajstić information content (AvgIpc) is 3.19. The summed E-state index contributed by atoms with van der Waals surface area (Å²) in [7, 11) is 1.64. The summed E-state index contributed by atoms with van der Waals surface area (Å²) < 4.78 is 10.8. The van der Waals surface area contributed by atoms with Crippen LogP contribution < -0.4 is 20.1 Å². The normalized spacial score (nSPS) is 14.0. The molecule has 3 rings (SSSR count). The number of hydrogen-bond acceptors (Lipinski definition) is 5. The molecule has 26 heavy (non-hydrogen) atoms. The quantitative estimate of drug-likeness (QED) is 0.711. The number of hydrogen-bond donors (Lipinski definition) is 2. The maximum absolute atomic E-state index is 12.2. The Kier molecular flexibility index (Phi) is 6.30. The molecule has 0 bridgehead atoms. The van der Waals surface area contributed by atoms with Crippen LogP contribution >= 0.6 is 0 Å². The fraction of sp³-hybridized carbons (Fsp3) is 0.400. The summed E-state index contributed by atoms with van der Waals surface area (Å²) in [6.07, 6.45) is 6.20. The van der Waals surface area contributed by atoms with Gasteiger partial charge in [0.15, 0.2) is 0 Å². The van der Waals surface area contributed by atoms with E-state index in [-0.39, 0.29) is 5.91 Å². The highest BCUT2D eigenvalue weighted by atomic mass is 16.5. The van der Waals surface area contributed by atoms with Crippen LogP contribution in [0, 0.1) is 0 Å². The van der Waals surface area contributed by atoms with Crippen LogP contribution in [0.25, 0.3) is 0 Å². The van der Waals surface area contributed by atoms with E-state index in [1.54, 1.807) is 19.4 Å². The molecule has 1 saturated carbocycles. The van der Waals surface area contributed by atoms with Gasteiger partial charge in [0.2, 0.25) is 0 Å². The van der Waals surface area contributed by atoms with Crippen molar-refractivity contribution in [2.45, 2.75) is 31.7 Å². The Hall–Kier alpha value is -2.76. The first kappa shape index (κ1) is 18.0. The van der Waals surface area contributed by atoms with Crippen molar-refractivity contribution in [1.82, 2.24) is 10.3 Å². The number of benzene rings is 1. The van der Waals surface area contributed by atoms with Crippen molar-refractivity contribution in [1.29, 1.82) is 0 Å². The number of carbonyl (C=O) groups is 1. The zero-order valence-electron chi connectivity index (χ0n) is 15.0. The maximum atomic E-state index is 12.2. The number of pyridine rings is 1. The van der Waals surface area contributed by atoms with E-state index >= 15 is 0 Å². The number of aromatic nitrogens is 1. The SMILES string of the molecule is COc1ccc(OCCNc2ccc(C(=O)NC3CCCC3)nc2)cc1. The molecule has 0 unspecified atom stereocenters. The second-order valence-corrected chi connectivity index (χ2v) is 6.34. The minimum Gasteiger partial charge on any atom is -0.497 e. The van der Waals surface area contributed by atoms with E-state index in [2.05, 4.69) is 15.6 Å². The zero-order chi connectivity index (χ0) is 18.2. The van der Waals surface area contributed by atoms with Crippen LogP contribution in [0.5, 0.6) is 11.5 Å². The summed E-state index contributed by atoms with van der Waals surface area (Å²) >= 11 is 0. The second kappa shape index (κ2) is 9.08. The van der Waals surface area contributed by atoms with E-state index in [1.165, 1.54) is 12.8 Å². The van der Waals surface area contributed by atoms with Crippen molar-refractivity contribution >= 4 is 11.6 Å². The molecule has 1 heterocycles. The van der Waals surface area contributed by atoms with Gasteiger partial charge in [0, 0.05) is 12.6 Å². The average molecular weight is 355 g/mol. The minimum absolute atomic E-state index is 0.0914. The lowest BCUT2D eigenvalue weighted by Gasteiger charge is -2.12. The number of ether oxygens (including phenoxy) is 2. The van der Waals surface area contributed by atoms with Crippen molar-refractivity contribution in [3.8, 4) is 11.5 Å². The highest BCUT2D eigenvalue weighted by Crippen LogP contribution is 2.18. The van der Waals surface area contributed by atoms with Crippen LogP contribution in [0.15, 0.2) is 42.6 Å². The van der Waals surface area contributed by atoms with Crippen molar-refractivity contribution in [2.75, 3.05) is 25.6 Å². The largest absolute Gasteiger partial charge is 0.497 e. The van der Waals surface area contributed by atoms with Crippen LogP contribution in [-0.2, 0) is 0 Å². The molecule has 0 aliphatic heterocycles. The van der Waals surface area contributed by atoms with Crippen molar-refractivity contribution in [2.24, 2.45) is 0 Å². The van der Waals surface area contributed by atoms with Crippen LogP contribution in [0.3, 0.4) is 0 Å². The number of nitrogens with one attached hydrogen (secondary N) is 2. The third-order valence-corrected chi connectivity index (χ3v) is 4.45. The molecule has 0 radical (unpaired) electrons. The van der Waals surface area contributed by atoms with Gasteiger partial charge in [-0.25, -0.2) is 4.98 Å². The molecule has 1 amide bonds. The summed E-state index contributed by atoms with van der Waals surface area (Å²) in [6, 6.07) is 11.4. The monoisotopic (exact) mass is 355 g/mol. The van der Waals surface area contributed by atoms with Gasteiger partial charge in [0.1, 0.15) is 23.8 Å². The van der Waals surface area contributed by atoms with Crippen molar-refractivity contribution in [3.05, 3.63) is 48.3 Å². The molecule has 6 nitrogen and oxygen atoms in total. The number of amides is 1. The molecule has 1 fully saturated rings. The van der Waals surface area contributed by atoms with E-state index < -0.39 is 0 Å². The number of anilines is 1. The minimum atomic E-state index is -0.0914. The molecule has 0 saturated heterocycles. The lowest BCUT2D eigenvalue weighted by Crippen LogP contribution is -2.33. The lowest BCUT2D eigenvalue weighted by molar-refractivity contribution is 0.0933. The van der Waals surface area contributed by atoms with Crippen LogP contribution in [0.1, 0.15) is 36.2 Å². The molecule has 1 aliphatic rings. The Bertz CT molecular complexity index is 695. The number of carbonyl (C=O) groups excluding carboxylic acids is 1. The third-order valence-electron chi connectivity index (χ3n) is 4.45. The Labute approximate surface area is 153 Å². The fourth-order valence-corrected chi connectivity index (χ4v) is 3.00. The number of nitrogens with zero attached hydrogens (tertiary/aromatic N) is 1. The van der Waals surface area contributed by atoms with Gasteiger partial charge in [-0.1, -0.05) is 12.8 Å². The molecular formula is C20H25N3O3. The Morgan fingerprint density at radius 1 is 1.12 bits per heavy atom. The van der Waals surface area contributed by atoms with E-state index in [0.29, 0.717) is 24.9 Å². The van der Waals surface area contributed by atoms with Crippen molar-refractivity contribution < 1.29 is 14.3 Å².